The van der Waals surface area contributed by atoms with E-state index in [0.717, 1.165) is 24.5 Å². The van der Waals surface area contributed by atoms with Gasteiger partial charge in [0, 0.05) is 42.6 Å². The van der Waals surface area contributed by atoms with Gasteiger partial charge in [-0.2, -0.15) is 10.1 Å². The van der Waals surface area contributed by atoms with Crippen LogP contribution in [0.5, 0.6) is 0 Å². The number of rotatable bonds is 6. The van der Waals surface area contributed by atoms with Crippen molar-refractivity contribution in [2.45, 2.75) is 39.2 Å². The van der Waals surface area contributed by atoms with Crippen LogP contribution in [-0.2, 0) is 22.6 Å². The van der Waals surface area contributed by atoms with E-state index in [0.29, 0.717) is 23.0 Å². The largest absolute Gasteiger partial charge is 0.339 e. The maximum absolute atomic E-state index is 12.6. The van der Waals surface area contributed by atoms with Crippen molar-refractivity contribution in [1.29, 1.82) is 0 Å². The first-order valence-electron chi connectivity index (χ1n) is 9.44. The van der Waals surface area contributed by atoms with Crippen LogP contribution in [0.1, 0.15) is 30.8 Å². The maximum Gasteiger partial charge on any atom is 0.234 e. The fourth-order valence-electron chi connectivity index (χ4n) is 3.37. The van der Waals surface area contributed by atoms with Crippen LogP contribution < -0.4 is 4.90 Å². The standard InChI is InChI=1S/C20H20ClN5O3/c1-13-10-18-25(8-3-9-26(18)23-13)19(28)7-6-16(27)12-17-22-20(24-29-17)14-4-2-5-15(21)11-14/h2,4-5,10-11H,3,6-9,12H2,1H3. The molecule has 1 aliphatic rings. The van der Waals surface area contributed by atoms with Crippen LogP contribution in [0.15, 0.2) is 34.9 Å². The predicted molar refractivity (Wildman–Crippen MR) is 107 cm³/mol. The molecule has 0 spiro atoms. The van der Waals surface area contributed by atoms with Crippen LogP contribution in [0, 0.1) is 6.92 Å². The molecule has 4 rings (SSSR count). The van der Waals surface area contributed by atoms with Gasteiger partial charge in [0.1, 0.15) is 11.6 Å². The third-order valence-electron chi connectivity index (χ3n) is 4.73. The summed E-state index contributed by atoms with van der Waals surface area (Å²) in [5.74, 6) is 1.20. The van der Waals surface area contributed by atoms with Gasteiger partial charge in [-0.3, -0.25) is 14.5 Å². The van der Waals surface area contributed by atoms with E-state index in [1.54, 1.807) is 23.1 Å². The smallest absolute Gasteiger partial charge is 0.234 e. The summed E-state index contributed by atoms with van der Waals surface area (Å²) in [6.45, 7) is 3.35. The van der Waals surface area contributed by atoms with Gasteiger partial charge in [-0.15, -0.1) is 0 Å². The molecule has 150 valence electrons. The molecule has 8 nitrogen and oxygen atoms in total. The maximum atomic E-state index is 12.6. The molecule has 3 aromatic rings. The number of anilines is 1. The molecule has 0 atom stereocenters. The van der Waals surface area contributed by atoms with Gasteiger partial charge in [0.15, 0.2) is 0 Å². The number of Topliss-reactive ketones (excluding diaryl/α,β-unsaturated/α-hetero) is 1. The molecule has 0 unspecified atom stereocenters. The third-order valence-corrected chi connectivity index (χ3v) is 4.96. The first kappa shape index (κ1) is 19.3. The van der Waals surface area contributed by atoms with Crippen molar-refractivity contribution in [3.63, 3.8) is 0 Å². The van der Waals surface area contributed by atoms with Crippen molar-refractivity contribution >= 4 is 29.1 Å². The fraction of sp³-hybridized carbons (Fsp3) is 0.350. The third kappa shape index (κ3) is 4.37. The highest BCUT2D eigenvalue weighted by Crippen LogP contribution is 2.23. The topological polar surface area (TPSA) is 94.1 Å². The number of fused-ring (bicyclic) bond motifs is 1. The summed E-state index contributed by atoms with van der Waals surface area (Å²) < 4.78 is 7.01. The Kier molecular flexibility index (Phi) is 5.44. The van der Waals surface area contributed by atoms with Crippen LogP contribution in [0.4, 0.5) is 5.82 Å². The minimum Gasteiger partial charge on any atom is -0.339 e. The Morgan fingerprint density at radius 3 is 2.90 bits per heavy atom. The van der Waals surface area contributed by atoms with E-state index in [-0.39, 0.29) is 36.8 Å². The predicted octanol–water partition coefficient (Wildman–Crippen LogP) is 3.22. The summed E-state index contributed by atoms with van der Waals surface area (Å²) in [4.78, 5) is 30.9. The van der Waals surface area contributed by atoms with Crippen molar-refractivity contribution in [3.05, 3.63) is 46.9 Å². The van der Waals surface area contributed by atoms with E-state index in [1.165, 1.54) is 0 Å². The van der Waals surface area contributed by atoms with Gasteiger partial charge in [0.2, 0.25) is 17.6 Å². The molecule has 0 saturated carbocycles. The lowest BCUT2D eigenvalue weighted by Crippen LogP contribution is -2.37. The van der Waals surface area contributed by atoms with Crippen LogP contribution >= 0.6 is 11.6 Å². The average molecular weight is 414 g/mol. The lowest BCUT2D eigenvalue weighted by atomic mass is 10.1. The van der Waals surface area contributed by atoms with Gasteiger partial charge in [-0.25, -0.2) is 4.68 Å². The monoisotopic (exact) mass is 413 g/mol. The zero-order valence-corrected chi connectivity index (χ0v) is 16.7. The molecule has 1 aliphatic heterocycles. The van der Waals surface area contributed by atoms with Crippen LogP contribution in [-0.4, -0.2) is 38.2 Å². The molecular formula is C20H20ClN5O3. The molecule has 29 heavy (non-hydrogen) atoms. The van der Waals surface area contributed by atoms with Gasteiger partial charge < -0.3 is 4.52 Å². The summed E-state index contributed by atoms with van der Waals surface area (Å²) in [7, 11) is 0. The number of carbonyl (C=O) groups excluding carboxylic acids is 2. The van der Waals surface area contributed by atoms with Gasteiger partial charge >= 0.3 is 0 Å². The van der Waals surface area contributed by atoms with Gasteiger partial charge in [-0.05, 0) is 25.5 Å². The number of carbonyl (C=O) groups is 2. The number of aromatic nitrogens is 4. The van der Waals surface area contributed by atoms with E-state index in [4.69, 9.17) is 16.1 Å². The van der Waals surface area contributed by atoms with Gasteiger partial charge in [0.05, 0.1) is 12.1 Å². The molecule has 3 heterocycles. The molecule has 0 aliphatic carbocycles. The molecule has 9 heteroatoms. The van der Waals surface area contributed by atoms with Gasteiger partial charge in [-0.1, -0.05) is 28.9 Å². The lowest BCUT2D eigenvalue weighted by Gasteiger charge is -2.27. The molecule has 0 N–H and O–H groups in total. The Bertz CT molecular complexity index is 1060. The summed E-state index contributed by atoms with van der Waals surface area (Å²) >= 11 is 5.97. The van der Waals surface area contributed by atoms with Crippen LogP contribution in [0.3, 0.4) is 0 Å². The molecule has 1 amide bonds. The second-order valence-corrected chi connectivity index (χ2v) is 7.44. The first-order valence-corrected chi connectivity index (χ1v) is 9.82. The molecule has 1 aromatic carbocycles. The molecule has 0 radical (unpaired) electrons. The number of aryl methyl sites for hydroxylation is 2. The normalized spacial score (nSPS) is 13.4. The molecule has 0 fully saturated rings. The molecule has 0 saturated heterocycles. The van der Waals surface area contributed by atoms with Crippen molar-refractivity contribution < 1.29 is 14.1 Å². The van der Waals surface area contributed by atoms with Gasteiger partial charge in [0.25, 0.3) is 0 Å². The number of hydrogen-bond acceptors (Lipinski definition) is 6. The van der Waals surface area contributed by atoms with E-state index >= 15 is 0 Å². The van der Waals surface area contributed by atoms with Crippen molar-refractivity contribution in [2.24, 2.45) is 0 Å². The molecule has 0 bridgehead atoms. The Morgan fingerprint density at radius 2 is 2.07 bits per heavy atom. The Labute approximate surface area is 172 Å². The minimum atomic E-state index is -0.124. The molecule has 2 aromatic heterocycles. The zero-order valence-electron chi connectivity index (χ0n) is 16.0. The highest BCUT2D eigenvalue weighted by molar-refractivity contribution is 6.30. The van der Waals surface area contributed by atoms with Crippen molar-refractivity contribution in [2.75, 3.05) is 11.4 Å². The number of nitrogens with zero attached hydrogens (tertiary/aromatic N) is 5. The number of amides is 1. The average Bonchev–Trinajstić information content (AvgIpc) is 3.31. The molecular weight excluding hydrogens is 394 g/mol. The fourth-order valence-corrected chi connectivity index (χ4v) is 3.56. The van der Waals surface area contributed by atoms with Crippen molar-refractivity contribution in [1.82, 2.24) is 19.9 Å². The quantitative estimate of drug-likeness (QED) is 0.615. The Balaban J connectivity index is 1.33. The van der Waals surface area contributed by atoms with E-state index in [9.17, 15) is 9.59 Å². The highest BCUT2D eigenvalue weighted by Gasteiger charge is 2.24. The Hall–Kier alpha value is -3.00. The Morgan fingerprint density at radius 1 is 1.21 bits per heavy atom. The lowest BCUT2D eigenvalue weighted by molar-refractivity contribution is -0.124. The zero-order chi connectivity index (χ0) is 20.4. The second kappa shape index (κ2) is 8.16. The van der Waals surface area contributed by atoms with E-state index < -0.39 is 0 Å². The van der Waals surface area contributed by atoms with Crippen molar-refractivity contribution in [3.8, 4) is 11.4 Å². The highest BCUT2D eigenvalue weighted by atomic mass is 35.5. The minimum absolute atomic E-state index is 0.00210. The second-order valence-electron chi connectivity index (χ2n) is 7.00. The van der Waals surface area contributed by atoms with E-state index in [1.807, 2.05) is 23.7 Å². The number of halogens is 1. The summed E-state index contributed by atoms with van der Waals surface area (Å²) in [6, 6.07) is 8.98. The summed E-state index contributed by atoms with van der Waals surface area (Å²) in [5, 5.41) is 8.85. The number of ketones is 1. The van der Waals surface area contributed by atoms with Crippen LogP contribution in [0.25, 0.3) is 11.4 Å². The van der Waals surface area contributed by atoms with Crippen LogP contribution in [0.2, 0.25) is 5.02 Å². The number of hydrogen-bond donors (Lipinski definition) is 0. The summed E-state index contributed by atoms with van der Waals surface area (Å²) in [6.07, 6.45) is 1.11. The first-order chi connectivity index (χ1) is 14.0. The summed E-state index contributed by atoms with van der Waals surface area (Å²) in [5.41, 5.74) is 1.59. The SMILES string of the molecule is Cc1cc2n(n1)CCCN2C(=O)CCC(=O)Cc1nc(-c2cccc(Cl)c2)no1. The van der Waals surface area contributed by atoms with E-state index in [2.05, 4.69) is 15.2 Å². The number of benzene rings is 1.